The molecule has 2 saturated heterocycles. The molecule has 3 nitrogen and oxygen atoms in total. The van der Waals surface area contributed by atoms with Gasteiger partial charge in [-0.2, -0.15) is 0 Å². The summed E-state index contributed by atoms with van der Waals surface area (Å²) in [7, 11) is -1.80. The zero-order chi connectivity index (χ0) is 22.8. The molecule has 2 aromatic carbocycles. The first-order valence-corrected chi connectivity index (χ1v) is 14.9. The van der Waals surface area contributed by atoms with Crippen LogP contribution in [0, 0.1) is 0 Å². The standard InChI is InChI=1S/C28H42N2OSi/c1-6-32(7-2,28(3,4)5)31-25-18-24-19-29-20-26(30(24)21-25)27(22-14-10-8-11-15-22)23-16-12-9-13-17-23/h8-17,24-27,29H,6-7,18-21H2,1-5H3/t24-,25+,26?/m0/s1. The van der Waals surface area contributed by atoms with Crippen LogP contribution in [-0.4, -0.2) is 51.0 Å². The van der Waals surface area contributed by atoms with Crippen molar-refractivity contribution in [3.8, 4) is 0 Å². The van der Waals surface area contributed by atoms with Crippen LogP contribution in [0.25, 0.3) is 0 Å². The second-order valence-corrected chi connectivity index (χ2v) is 15.9. The Morgan fingerprint density at radius 1 is 0.938 bits per heavy atom. The van der Waals surface area contributed by atoms with Gasteiger partial charge in [0.15, 0.2) is 8.32 Å². The fraction of sp³-hybridized carbons (Fsp3) is 0.571. The summed E-state index contributed by atoms with van der Waals surface area (Å²) in [6.45, 7) is 15.1. The Kier molecular flexibility index (Phi) is 7.26. The highest BCUT2D eigenvalue weighted by Gasteiger charge is 2.49. The first-order valence-electron chi connectivity index (χ1n) is 12.6. The minimum Gasteiger partial charge on any atom is -0.412 e. The molecule has 1 unspecified atom stereocenters. The normalized spacial score (nSPS) is 24.6. The van der Waals surface area contributed by atoms with Gasteiger partial charge in [-0.05, 0) is 34.7 Å². The van der Waals surface area contributed by atoms with Gasteiger partial charge in [0.05, 0.1) is 6.10 Å². The van der Waals surface area contributed by atoms with Crippen LogP contribution in [0.1, 0.15) is 58.1 Å². The van der Waals surface area contributed by atoms with E-state index in [4.69, 9.17) is 4.43 Å². The molecule has 0 radical (unpaired) electrons. The van der Waals surface area contributed by atoms with E-state index in [0.29, 0.717) is 24.1 Å². The molecule has 32 heavy (non-hydrogen) atoms. The molecule has 0 saturated carbocycles. The van der Waals surface area contributed by atoms with Crippen LogP contribution in [-0.2, 0) is 4.43 Å². The SMILES string of the molecule is CC[Si](CC)(O[C@@H]1C[C@H]2CNCC(C(c3ccccc3)c3ccccc3)N2C1)C(C)(C)C. The van der Waals surface area contributed by atoms with Gasteiger partial charge < -0.3 is 9.74 Å². The summed E-state index contributed by atoms with van der Waals surface area (Å²) >= 11 is 0. The summed E-state index contributed by atoms with van der Waals surface area (Å²) in [4.78, 5) is 2.79. The minimum absolute atomic E-state index is 0.272. The van der Waals surface area contributed by atoms with Crippen molar-refractivity contribution >= 4 is 8.32 Å². The molecule has 1 N–H and O–H groups in total. The maximum absolute atomic E-state index is 7.16. The largest absolute Gasteiger partial charge is 0.412 e. The minimum atomic E-state index is -1.80. The molecular formula is C28H42N2OSi. The number of rotatable bonds is 7. The molecule has 0 amide bonds. The summed E-state index contributed by atoms with van der Waals surface area (Å²) in [6.07, 6.45) is 1.52. The Balaban J connectivity index is 1.61. The maximum atomic E-state index is 7.16. The molecule has 2 aliphatic rings. The molecule has 0 aromatic heterocycles. The second kappa shape index (κ2) is 9.80. The van der Waals surface area contributed by atoms with Gasteiger partial charge in [0.1, 0.15) is 0 Å². The van der Waals surface area contributed by atoms with Gasteiger partial charge in [0.25, 0.3) is 0 Å². The van der Waals surface area contributed by atoms with Crippen molar-refractivity contribution in [2.75, 3.05) is 19.6 Å². The zero-order valence-corrected chi connectivity index (χ0v) is 21.7. The Morgan fingerprint density at radius 3 is 2.00 bits per heavy atom. The van der Waals surface area contributed by atoms with E-state index in [9.17, 15) is 0 Å². The van der Waals surface area contributed by atoms with E-state index in [0.717, 1.165) is 26.1 Å². The predicted octanol–water partition coefficient (Wildman–Crippen LogP) is 6.04. The van der Waals surface area contributed by atoms with Crippen molar-refractivity contribution in [2.45, 2.75) is 82.3 Å². The number of nitrogens with zero attached hydrogens (tertiary/aromatic N) is 1. The van der Waals surface area contributed by atoms with Crippen molar-refractivity contribution in [1.29, 1.82) is 0 Å². The smallest absolute Gasteiger partial charge is 0.198 e. The van der Waals surface area contributed by atoms with E-state index >= 15 is 0 Å². The summed E-state index contributed by atoms with van der Waals surface area (Å²) < 4.78 is 7.16. The van der Waals surface area contributed by atoms with Gasteiger partial charge in [-0.25, -0.2) is 0 Å². The third-order valence-electron chi connectivity index (χ3n) is 8.18. The van der Waals surface area contributed by atoms with Crippen LogP contribution >= 0.6 is 0 Å². The van der Waals surface area contributed by atoms with Gasteiger partial charge >= 0.3 is 0 Å². The molecule has 0 aliphatic carbocycles. The number of hydrogen-bond donors (Lipinski definition) is 1. The van der Waals surface area contributed by atoms with Crippen molar-refractivity contribution in [3.63, 3.8) is 0 Å². The van der Waals surface area contributed by atoms with Crippen LogP contribution in [0.2, 0.25) is 17.1 Å². The number of benzene rings is 2. The molecule has 2 heterocycles. The molecule has 2 aromatic rings. The Labute approximate surface area is 196 Å². The van der Waals surface area contributed by atoms with Crippen molar-refractivity contribution in [1.82, 2.24) is 10.2 Å². The van der Waals surface area contributed by atoms with Gasteiger partial charge in [-0.15, -0.1) is 0 Å². The summed E-state index contributed by atoms with van der Waals surface area (Å²) in [6, 6.07) is 25.6. The summed E-state index contributed by atoms with van der Waals surface area (Å²) in [5, 5.41) is 4.05. The van der Waals surface area contributed by atoms with Crippen LogP contribution in [0.3, 0.4) is 0 Å². The van der Waals surface area contributed by atoms with Gasteiger partial charge in [0.2, 0.25) is 0 Å². The predicted molar refractivity (Wildman–Crippen MR) is 138 cm³/mol. The van der Waals surface area contributed by atoms with Crippen LogP contribution in [0.15, 0.2) is 60.7 Å². The van der Waals surface area contributed by atoms with E-state index in [-0.39, 0.29) is 5.04 Å². The lowest BCUT2D eigenvalue weighted by Crippen LogP contribution is -2.57. The number of nitrogens with one attached hydrogen (secondary N) is 1. The van der Waals surface area contributed by atoms with E-state index in [1.54, 1.807) is 0 Å². The molecule has 2 aliphatic heterocycles. The van der Waals surface area contributed by atoms with Crippen LogP contribution in [0.5, 0.6) is 0 Å². The number of piperazine rings is 1. The van der Waals surface area contributed by atoms with Crippen molar-refractivity contribution in [2.24, 2.45) is 0 Å². The topological polar surface area (TPSA) is 24.5 Å². The van der Waals surface area contributed by atoms with E-state index in [2.05, 4.69) is 105 Å². The van der Waals surface area contributed by atoms with Gasteiger partial charge in [0, 0.05) is 37.6 Å². The third-order valence-corrected chi connectivity index (χ3v) is 14.0. The van der Waals surface area contributed by atoms with Crippen LogP contribution < -0.4 is 5.32 Å². The first kappa shape index (κ1) is 23.7. The van der Waals surface area contributed by atoms with Crippen molar-refractivity contribution < 1.29 is 4.43 Å². The molecule has 174 valence electrons. The maximum Gasteiger partial charge on any atom is 0.198 e. The molecule has 4 rings (SSSR count). The lowest BCUT2D eigenvalue weighted by Gasteiger charge is -2.44. The van der Waals surface area contributed by atoms with E-state index in [1.807, 2.05) is 0 Å². The monoisotopic (exact) mass is 450 g/mol. The van der Waals surface area contributed by atoms with Crippen molar-refractivity contribution in [3.05, 3.63) is 71.8 Å². The van der Waals surface area contributed by atoms with Crippen LogP contribution in [0.4, 0.5) is 0 Å². The van der Waals surface area contributed by atoms with E-state index in [1.165, 1.54) is 23.2 Å². The average molecular weight is 451 g/mol. The van der Waals surface area contributed by atoms with Gasteiger partial charge in [-0.1, -0.05) is 95.3 Å². The zero-order valence-electron chi connectivity index (χ0n) is 20.7. The number of hydrogen-bond acceptors (Lipinski definition) is 3. The highest BCUT2D eigenvalue weighted by atomic mass is 28.4. The highest BCUT2D eigenvalue weighted by Crippen LogP contribution is 2.45. The highest BCUT2D eigenvalue weighted by molar-refractivity contribution is 6.76. The summed E-state index contributed by atoms with van der Waals surface area (Å²) in [5.41, 5.74) is 2.83. The molecule has 2 fully saturated rings. The second-order valence-electron chi connectivity index (χ2n) is 10.8. The summed E-state index contributed by atoms with van der Waals surface area (Å²) in [5.74, 6) is 0.369. The molecular weight excluding hydrogens is 408 g/mol. The fourth-order valence-corrected chi connectivity index (χ4v) is 10.5. The Hall–Kier alpha value is -1.46. The lowest BCUT2D eigenvalue weighted by molar-refractivity contribution is 0.113. The lowest BCUT2D eigenvalue weighted by atomic mass is 9.83. The Morgan fingerprint density at radius 2 is 1.50 bits per heavy atom. The van der Waals surface area contributed by atoms with E-state index < -0.39 is 8.32 Å². The number of fused-ring (bicyclic) bond motifs is 1. The molecule has 0 spiro atoms. The molecule has 3 atom stereocenters. The first-order chi connectivity index (χ1) is 15.4. The van der Waals surface area contributed by atoms with Gasteiger partial charge in [-0.3, -0.25) is 4.90 Å². The average Bonchev–Trinajstić information content (AvgIpc) is 3.21. The third kappa shape index (κ3) is 4.61. The Bertz CT molecular complexity index is 807. The quantitative estimate of drug-likeness (QED) is 0.521. The molecule has 4 heteroatoms. The fourth-order valence-electron chi connectivity index (χ4n) is 6.34. The molecule has 0 bridgehead atoms.